The van der Waals surface area contributed by atoms with E-state index in [0.29, 0.717) is 11.1 Å². The Morgan fingerprint density at radius 3 is 2.18 bits per heavy atom. The van der Waals surface area contributed by atoms with Gasteiger partial charge in [-0.05, 0) is 12.1 Å². The summed E-state index contributed by atoms with van der Waals surface area (Å²) < 4.78 is 0. The highest BCUT2D eigenvalue weighted by molar-refractivity contribution is 6.74. The smallest absolute Gasteiger partial charge is 0.310 e. The normalized spacial score (nSPS) is 13.6. The van der Waals surface area contributed by atoms with Gasteiger partial charge in [-0.2, -0.15) is 4.89 Å². The van der Waals surface area contributed by atoms with Crippen molar-refractivity contribution in [2.24, 2.45) is 0 Å². The van der Waals surface area contributed by atoms with Crippen LogP contribution >= 0.6 is 0 Å². The number of rotatable bonds is 3. The average molecular weight is 233 g/mol. The van der Waals surface area contributed by atoms with Crippen molar-refractivity contribution in [3.63, 3.8) is 0 Å². The van der Waals surface area contributed by atoms with Gasteiger partial charge in [0, 0.05) is 0 Å². The van der Waals surface area contributed by atoms with Crippen LogP contribution in [0.15, 0.2) is 24.3 Å². The van der Waals surface area contributed by atoms with Crippen LogP contribution < -0.4 is 0 Å². The lowest BCUT2D eigenvalue weighted by molar-refractivity contribution is -0.204. The highest BCUT2D eigenvalue weighted by Gasteiger charge is 2.37. The molecule has 0 fully saturated rings. The van der Waals surface area contributed by atoms with Gasteiger partial charge in [-0.15, -0.1) is 0 Å². The fourth-order valence-electron chi connectivity index (χ4n) is 1.63. The molecule has 0 spiro atoms. The Morgan fingerprint density at radius 2 is 1.71 bits per heavy atom. The van der Waals surface area contributed by atoms with Crippen LogP contribution in [0.5, 0.6) is 0 Å². The van der Waals surface area contributed by atoms with Crippen molar-refractivity contribution in [1.82, 2.24) is 4.81 Å². The zero-order valence-electron chi connectivity index (χ0n) is 9.00. The van der Waals surface area contributed by atoms with E-state index in [-0.39, 0.29) is 0 Å². The lowest BCUT2D eigenvalue weighted by atomic mass is 9.92. The van der Waals surface area contributed by atoms with Gasteiger partial charge in [-0.1, -0.05) is 12.1 Å². The maximum absolute atomic E-state index is 11.8. The molecule has 0 aromatic heterocycles. The predicted molar refractivity (Wildman–Crippen MR) is 57.6 cm³/mol. The Hall–Kier alpha value is -2.15. The van der Waals surface area contributed by atoms with Crippen LogP contribution in [0.1, 0.15) is 20.7 Å². The zero-order valence-corrected chi connectivity index (χ0v) is 9.00. The van der Waals surface area contributed by atoms with Gasteiger partial charge >= 0.3 is 13.3 Å². The molecule has 0 saturated carbocycles. The van der Waals surface area contributed by atoms with Crippen molar-refractivity contribution in [3.05, 3.63) is 35.4 Å². The van der Waals surface area contributed by atoms with Crippen LogP contribution in [0.2, 0.25) is 0 Å². The molecule has 86 valence electrons. The molecule has 6 nitrogen and oxygen atoms in total. The van der Waals surface area contributed by atoms with E-state index < -0.39 is 25.1 Å². The number of fused-ring (bicyclic) bond motifs is 1. The minimum Gasteiger partial charge on any atom is -0.310 e. The number of carbonyl (C=O) groups is 3. The first-order valence-corrected chi connectivity index (χ1v) is 4.84. The van der Waals surface area contributed by atoms with E-state index in [2.05, 4.69) is 9.78 Å². The molecule has 0 N–H and O–H groups in total. The average Bonchev–Trinajstić information content (AvgIpc) is 2.56. The fraction of sp³-hybridized carbons (Fsp3) is 0.100. The largest absolute Gasteiger partial charge is 0.385 e. The Labute approximate surface area is 97.3 Å². The van der Waals surface area contributed by atoms with Crippen molar-refractivity contribution in [3.8, 4) is 0 Å². The maximum Gasteiger partial charge on any atom is 0.385 e. The number of hydrogen-bond acceptors (Lipinski definition) is 5. The van der Waals surface area contributed by atoms with Gasteiger partial charge < -0.3 is 9.70 Å². The van der Waals surface area contributed by atoms with Crippen LogP contribution in [0.4, 0.5) is 4.79 Å². The van der Waals surface area contributed by atoms with Gasteiger partial charge in [0.25, 0.3) is 0 Å². The molecule has 7 heteroatoms. The summed E-state index contributed by atoms with van der Waals surface area (Å²) in [5.74, 6) is -1.81. The monoisotopic (exact) mass is 233 g/mol. The van der Waals surface area contributed by atoms with E-state index in [1.165, 1.54) is 19.2 Å². The zero-order chi connectivity index (χ0) is 12.4. The third-order valence-corrected chi connectivity index (χ3v) is 2.34. The molecule has 0 bridgehead atoms. The Morgan fingerprint density at radius 1 is 1.18 bits per heavy atom. The summed E-state index contributed by atoms with van der Waals surface area (Å²) in [4.78, 5) is 44.0. The molecule has 0 aliphatic carbocycles. The van der Waals surface area contributed by atoms with E-state index in [1.807, 2.05) is 0 Å². The van der Waals surface area contributed by atoms with Gasteiger partial charge in [0.2, 0.25) is 11.8 Å². The van der Waals surface area contributed by atoms with Crippen molar-refractivity contribution < 1.29 is 24.2 Å². The lowest BCUT2D eigenvalue weighted by Crippen LogP contribution is -2.38. The van der Waals surface area contributed by atoms with Crippen molar-refractivity contribution in [2.75, 3.05) is 7.11 Å². The van der Waals surface area contributed by atoms with E-state index in [0.717, 1.165) is 4.81 Å². The number of benzene rings is 1. The fourth-order valence-corrected chi connectivity index (χ4v) is 1.63. The SMILES string of the molecule is COOC(=O)BN1C(=O)c2ccccc2C1=O. The number of carbonyl (C=O) groups excluding carboxylic acids is 3. The number of nitrogens with zero attached hydrogens (tertiary/aromatic N) is 1. The van der Waals surface area contributed by atoms with Crippen LogP contribution in [0.25, 0.3) is 0 Å². The maximum atomic E-state index is 11.8. The first-order valence-electron chi connectivity index (χ1n) is 4.84. The van der Waals surface area contributed by atoms with E-state index in [9.17, 15) is 14.4 Å². The van der Waals surface area contributed by atoms with Gasteiger partial charge in [0.1, 0.15) is 0 Å². The molecule has 2 amide bonds. The molecule has 0 atom stereocenters. The van der Waals surface area contributed by atoms with Crippen LogP contribution in [0.3, 0.4) is 0 Å². The third kappa shape index (κ3) is 1.92. The highest BCUT2D eigenvalue weighted by Crippen LogP contribution is 2.21. The summed E-state index contributed by atoms with van der Waals surface area (Å²) in [5, 5.41) is 0. The number of imide groups is 1. The predicted octanol–water partition coefficient (Wildman–Crippen LogP) is 0.332. The Kier molecular flexibility index (Phi) is 2.92. The first-order chi connectivity index (χ1) is 8.15. The molecular formula is C10H8BNO5. The molecular weight excluding hydrogens is 225 g/mol. The Balaban J connectivity index is 2.22. The molecule has 2 rings (SSSR count). The summed E-state index contributed by atoms with van der Waals surface area (Å²) >= 11 is 0. The number of amides is 2. The minimum atomic E-state index is -0.804. The molecule has 1 aliphatic rings. The molecule has 0 radical (unpaired) electrons. The molecule has 0 unspecified atom stereocenters. The van der Waals surface area contributed by atoms with Crippen LogP contribution in [-0.2, 0) is 9.78 Å². The van der Waals surface area contributed by atoms with E-state index in [4.69, 9.17) is 0 Å². The van der Waals surface area contributed by atoms with Crippen molar-refractivity contribution in [1.29, 1.82) is 0 Å². The third-order valence-electron chi connectivity index (χ3n) is 2.34. The lowest BCUT2D eigenvalue weighted by Gasteiger charge is -2.10. The van der Waals surface area contributed by atoms with Crippen LogP contribution in [0, 0.1) is 0 Å². The molecule has 17 heavy (non-hydrogen) atoms. The molecule has 1 aliphatic heterocycles. The van der Waals surface area contributed by atoms with E-state index in [1.54, 1.807) is 12.1 Å². The number of hydrogen-bond donors (Lipinski definition) is 0. The second kappa shape index (κ2) is 4.38. The quantitative estimate of drug-likeness (QED) is 0.325. The molecule has 1 heterocycles. The van der Waals surface area contributed by atoms with Gasteiger partial charge in [0.15, 0.2) is 0 Å². The molecule has 1 aromatic rings. The van der Waals surface area contributed by atoms with Crippen molar-refractivity contribution >= 4 is 25.1 Å². The summed E-state index contributed by atoms with van der Waals surface area (Å²) in [6.45, 7) is 0. The summed E-state index contributed by atoms with van der Waals surface area (Å²) in [6, 6.07) is 6.39. The van der Waals surface area contributed by atoms with Crippen molar-refractivity contribution in [2.45, 2.75) is 0 Å². The second-order valence-corrected chi connectivity index (χ2v) is 3.36. The topological polar surface area (TPSA) is 72.9 Å². The summed E-state index contributed by atoms with van der Waals surface area (Å²) in [7, 11) is 0.709. The van der Waals surface area contributed by atoms with E-state index >= 15 is 0 Å². The van der Waals surface area contributed by atoms with Gasteiger partial charge in [-0.3, -0.25) is 14.4 Å². The summed E-state index contributed by atoms with van der Waals surface area (Å²) in [5.41, 5.74) is 0.588. The minimum absolute atomic E-state index is 0.294. The second-order valence-electron chi connectivity index (χ2n) is 3.36. The van der Waals surface area contributed by atoms with Gasteiger partial charge in [-0.25, -0.2) is 0 Å². The van der Waals surface area contributed by atoms with Gasteiger partial charge in [0.05, 0.1) is 18.2 Å². The standard InChI is InChI=1S/C10H8BNO5/c1-16-17-10(15)11-12-8(13)6-4-2-3-5-7(6)9(12)14/h2-5,11H,1H3. The van der Waals surface area contributed by atoms with Crippen LogP contribution in [-0.4, -0.2) is 37.0 Å². The Bertz CT molecular complexity index is 466. The highest BCUT2D eigenvalue weighted by atomic mass is 17.2. The molecule has 1 aromatic carbocycles. The first kappa shape index (κ1) is 11.3. The molecule has 0 saturated heterocycles. The summed E-state index contributed by atoms with van der Waals surface area (Å²) in [6.07, 6.45) is 0.